The smallest absolute Gasteiger partial charge is 0.265 e. The molecule has 5 rings (SSSR count). The molecule has 4 aromatic rings. The standard InChI is InChI=1S/C23H16N4O6S/c1-30-18-8-7-15(23-26-25-22(33-23)14-5-3-2-4-6-14)10-21(18)34(28,29)27-17-11-20-19(31-13-32-20)9-16(17)12-24/h2-11,27H,13H2,1H3. The molecule has 0 fully saturated rings. The first-order valence-corrected chi connectivity index (χ1v) is 11.4. The van der Waals surface area contributed by atoms with Crippen LogP contribution in [0.2, 0.25) is 0 Å². The van der Waals surface area contributed by atoms with Gasteiger partial charge in [0.25, 0.3) is 10.0 Å². The number of fused-ring (bicyclic) bond motifs is 1. The highest BCUT2D eigenvalue weighted by molar-refractivity contribution is 7.92. The predicted molar refractivity (Wildman–Crippen MR) is 120 cm³/mol. The zero-order valence-electron chi connectivity index (χ0n) is 17.7. The minimum atomic E-state index is -4.19. The van der Waals surface area contributed by atoms with Crippen LogP contribution in [-0.4, -0.2) is 32.5 Å². The molecule has 0 spiro atoms. The number of methoxy groups -OCH3 is 1. The van der Waals surface area contributed by atoms with E-state index in [1.54, 1.807) is 6.07 Å². The summed E-state index contributed by atoms with van der Waals surface area (Å²) < 4.78 is 50.6. The summed E-state index contributed by atoms with van der Waals surface area (Å²) in [5, 5.41) is 17.6. The molecule has 1 aliphatic heterocycles. The van der Waals surface area contributed by atoms with Gasteiger partial charge in [0.15, 0.2) is 11.5 Å². The van der Waals surface area contributed by atoms with Gasteiger partial charge in [0.1, 0.15) is 16.7 Å². The third kappa shape index (κ3) is 3.87. The molecule has 0 aliphatic carbocycles. The molecule has 1 aromatic heterocycles. The molecule has 3 aromatic carbocycles. The van der Waals surface area contributed by atoms with Crippen molar-refractivity contribution in [2.75, 3.05) is 18.6 Å². The Morgan fingerprint density at radius 2 is 1.68 bits per heavy atom. The second-order valence-corrected chi connectivity index (χ2v) is 8.76. The van der Waals surface area contributed by atoms with Crippen molar-refractivity contribution in [3.05, 3.63) is 66.2 Å². The molecule has 2 heterocycles. The molecule has 1 aliphatic rings. The highest BCUT2D eigenvalue weighted by Crippen LogP contribution is 2.38. The Labute approximate surface area is 194 Å². The topological polar surface area (TPSA) is 137 Å². The average Bonchev–Trinajstić information content (AvgIpc) is 3.53. The van der Waals surface area contributed by atoms with E-state index in [1.807, 2.05) is 36.4 Å². The predicted octanol–water partition coefficient (Wildman–Crippen LogP) is 3.81. The number of anilines is 1. The third-order valence-electron chi connectivity index (χ3n) is 5.02. The number of aromatic nitrogens is 2. The van der Waals surface area contributed by atoms with E-state index in [0.29, 0.717) is 23.0 Å². The molecule has 11 heteroatoms. The molecular formula is C23H16N4O6S. The molecule has 10 nitrogen and oxygen atoms in total. The maximum Gasteiger partial charge on any atom is 0.265 e. The molecule has 0 bridgehead atoms. The van der Waals surface area contributed by atoms with E-state index in [2.05, 4.69) is 14.9 Å². The largest absolute Gasteiger partial charge is 0.495 e. The van der Waals surface area contributed by atoms with Crippen molar-refractivity contribution in [1.82, 2.24) is 10.2 Å². The molecule has 0 saturated carbocycles. The zero-order chi connectivity index (χ0) is 23.7. The average molecular weight is 476 g/mol. The minimum absolute atomic E-state index is 0.0125. The molecule has 170 valence electrons. The molecule has 1 N–H and O–H groups in total. The molecule has 0 atom stereocenters. The first kappa shape index (κ1) is 21.3. The fourth-order valence-electron chi connectivity index (χ4n) is 3.38. The highest BCUT2D eigenvalue weighted by atomic mass is 32.2. The first-order valence-electron chi connectivity index (χ1n) is 9.92. The van der Waals surface area contributed by atoms with Gasteiger partial charge in [-0.05, 0) is 30.3 Å². The van der Waals surface area contributed by atoms with Gasteiger partial charge in [-0.2, -0.15) is 5.26 Å². The van der Waals surface area contributed by atoms with Crippen LogP contribution in [0.1, 0.15) is 5.56 Å². The number of nitriles is 1. The lowest BCUT2D eigenvalue weighted by molar-refractivity contribution is 0.174. The van der Waals surface area contributed by atoms with E-state index in [-0.39, 0.29) is 34.6 Å². The lowest BCUT2D eigenvalue weighted by atomic mass is 10.2. The Bertz CT molecular complexity index is 1530. The van der Waals surface area contributed by atoms with E-state index < -0.39 is 10.0 Å². The number of ether oxygens (including phenoxy) is 3. The van der Waals surface area contributed by atoms with Crippen LogP contribution in [0.4, 0.5) is 5.69 Å². The summed E-state index contributed by atoms with van der Waals surface area (Å²) in [6.45, 7) is -0.0125. The summed E-state index contributed by atoms with van der Waals surface area (Å²) in [7, 11) is -2.84. The summed E-state index contributed by atoms with van der Waals surface area (Å²) in [5.41, 5.74) is 1.23. The molecule has 0 saturated heterocycles. The summed E-state index contributed by atoms with van der Waals surface area (Å²) in [6, 6.07) is 18.4. The van der Waals surface area contributed by atoms with Gasteiger partial charge in [-0.15, -0.1) is 10.2 Å². The quantitative estimate of drug-likeness (QED) is 0.440. The molecule has 0 unspecified atom stereocenters. The number of rotatable bonds is 6. The fraction of sp³-hybridized carbons (Fsp3) is 0.0870. The van der Waals surface area contributed by atoms with Gasteiger partial charge in [-0.25, -0.2) is 8.42 Å². The SMILES string of the molecule is COc1ccc(-c2nnc(-c3ccccc3)o2)cc1S(=O)(=O)Nc1cc2c(cc1C#N)OCO2. The Hall–Kier alpha value is -4.56. The van der Waals surface area contributed by atoms with Crippen LogP contribution in [0.5, 0.6) is 17.2 Å². The molecular weight excluding hydrogens is 460 g/mol. The van der Waals surface area contributed by atoms with Crippen molar-refractivity contribution >= 4 is 15.7 Å². The van der Waals surface area contributed by atoms with E-state index in [0.717, 1.165) is 5.56 Å². The van der Waals surface area contributed by atoms with Gasteiger partial charge in [0, 0.05) is 23.3 Å². The van der Waals surface area contributed by atoms with Gasteiger partial charge < -0.3 is 18.6 Å². The lowest BCUT2D eigenvalue weighted by Crippen LogP contribution is -2.15. The lowest BCUT2D eigenvalue weighted by Gasteiger charge is -2.13. The Kier molecular flexibility index (Phi) is 5.27. The highest BCUT2D eigenvalue weighted by Gasteiger charge is 2.25. The summed E-state index contributed by atoms with van der Waals surface area (Å²) in [6.07, 6.45) is 0. The Morgan fingerprint density at radius 3 is 2.38 bits per heavy atom. The summed E-state index contributed by atoms with van der Waals surface area (Å²) in [5.74, 6) is 1.23. The zero-order valence-corrected chi connectivity index (χ0v) is 18.5. The Morgan fingerprint density at radius 1 is 0.971 bits per heavy atom. The van der Waals surface area contributed by atoms with Crippen LogP contribution in [0.25, 0.3) is 22.9 Å². The maximum absolute atomic E-state index is 13.3. The van der Waals surface area contributed by atoms with Crippen molar-refractivity contribution in [1.29, 1.82) is 5.26 Å². The van der Waals surface area contributed by atoms with Gasteiger partial charge in [0.2, 0.25) is 18.6 Å². The van der Waals surface area contributed by atoms with Crippen molar-refractivity contribution in [2.45, 2.75) is 4.90 Å². The number of benzene rings is 3. The van der Waals surface area contributed by atoms with E-state index in [9.17, 15) is 13.7 Å². The number of nitrogens with one attached hydrogen (secondary N) is 1. The molecule has 34 heavy (non-hydrogen) atoms. The number of hydrogen-bond acceptors (Lipinski definition) is 9. The first-order chi connectivity index (χ1) is 16.5. The van der Waals surface area contributed by atoms with E-state index in [4.69, 9.17) is 18.6 Å². The van der Waals surface area contributed by atoms with Crippen molar-refractivity contribution < 1.29 is 27.0 Å². The minimum Gasteiger partial charge on any atom is -0.495 e. The van der Waals surface area contributed by atoms with Crippen molar-refractivity contribution in [2.24, 2.45) is 0 Å². The van der Waals surface area contributed by atoms with Gasteiger partial charge in [-0.1, -0.05) is 18.2 Å². The molecule has 0 radical (unpaired) electrons. The number of nitrogens with zero attached hydrogens (tertiary/aromatic N) is 3. The van der Waals surface area contributed by atoms with E-state index in [1.165, 1.54) is 31.4 Å². The normalized spacial score (nSPS) is 12.2. The number of sulfonamides is 1. The third-order valence-corrected chi connectivity index (χ3v) is 6.41. The maximum atomic E-state index is 13.3. The monoisotopic (exact) mass is 476 g/mol. The van der Waals surface area contributed by atoms with E-state index >= 15 is 0 Å². The second kappa shape index (κ2) is 8.42. The fourth-order valence-corrected chi connectivity index (χ4v) is 4.64. The van der Waals surface area contributed by atoms with Crippen LogP contribution in [-0.2, 0) is 10.0 Å². The summed E-state index contributed by atoms with van der Waals surface area (Å²) in [4.78, 5) is -0.173. The van der Waals surface area contributed by atoms with Crippen molar-refractivity contribution in [3.63, 3.8) is 0 Å². The molecule has 0 amide bonds. The van der Waals surface area contributed by atoms with Crippen molar-refractivity contribution in [3.8, 4) is 46.2 Å². The van der Waals surface area contributed by atoms with Crippen LogP contribution in [0.15, 0.2) is 70.0 Å². The second-order valence-electron chi connectivity index (χ2n) is 7.11. The number of hydrogen-bond donors (Lipinski definition) is 1. The van der Waals surface area contributed by atoms with Crippen LogP contribution in [0, 0.1) is 11.3 Å². The summed E-state index contributed by atoms with van der Waals surface area (Å²) >= 11 is 0. The van der Waals surface area contributed by atoms with Crippen LogP contribution >= 0.6 is 0 Å². The van der Waals surface area contributed by atoms with Gasteiger partial charge in [-0.3, -0.25) is 4.72 Å². The van der Waals surface area contributed by atoms with Gasteiger partial charge >= 0.3 is 0 Å². The van der Waals surface area contributed by atoms with Crippen LogP contribution in [0.3, 0.4) is 0 Å². The van der Waals surface area contributed by atoms with Crippen LogP contribution < -0.4 is 18.9 Å². The Balaban J connectivity index is 1.52. The van der Waals surface area contributed by atoms with Gasteiger partial charge in [0.05, 0.1) is 18.4 Å².